The highest BCUT2D eigenvalue weighted by Gasteiger charge is 2.39. The van der Waals surface area contributed by atoms with Gasteiger partial charge in [0.25, 0.3) is 5.91 Å². The summed E-state index contributed by atoms with van der Waals surface area (Å²) in [6.07, 6.45) is 5.73. The summed E-state index contributed by atoms with van der Waals surface area (Å²) < 4.78 is 5.60. The smallest absolute Gasteiger partial charge is 0.258 e. The lowest BCUT2D eigenvalue weighted by Crippen LogP contribution is -2.54. The van der Waals surface area contributed by atoms with Gasteiger partial charge in [-0.15, -0.1) is 12.4 Å². The van der Waals surface area contributed by atoms with E-state index < -0.39 is 0 Å². The first-order chi connectivity index (χ1) is 10.6. The van der Waals surface area contributed by atoms with Crippen LogP contribution in [0.15, 0.2) is 24.3 Å². The molecule has 0 aliphatic heterocycles. The maximum Gasteiger partial charge on any atom is 0.258 e. The maximum atomic E-state index is 12.2. The fourth-order valence-electron chi connectivity index (χ4n) is 4.11. The zero-order valence-corrected chi connectivity index (χ0v) is 14.5. The number of hydrogen-bond acceptors (Lipinski definition) is 3. The summed E-state index contributed by atoms with van der Waals surface area (Å²) in [6.45, 7) is 2.10. The number of hydrogen-bond donors (Lipinski definition) is 2. The second-order valence-corrected chi connectivity index (χ2v) is 6.88. The number of aryl methyl sites for hydroxylation is 1. The highest BCUT2D eigenvalue weighted by Crippen LogP contribution is 2.39. The van der Waals surface area contributed by atoms with E-state index >= 15 is 0 Å². The highest BCUT2D eigenvalue weighted by atomic mass is 35.5. The summed E-state index contributed by atoms with van der Waals surface area (Å²) in [6, 6.07) is 8.39. The minimum Gasteiger partial charge on any atom is -0.484 e. The van der Waals surface area contributed by atoms with Gasteiger partial charge in [-0.2, -0.15) is 0 Å². The van der Waals surface area contributed by atoms with Crippen molar-refractivity contribution in [1.29, 1.82) is 0 Å². The molecule has 1 aromatic rings. The normalized spacial score (nSPS) is 29.3. The second-order valence-electron chi connectivity index (χ2n) is 6.88. The van der Waals surface area contributed by atoms with Crippen LogP contribution in [0.5, 0.6) is 5.75 Å². The Balaban J connectivity index is 0.00000192. The molecule has 2 aliphatic rings. The molecule has 4 nitrogen and oxygen atoms in total. The summed E-state index contributed by atoms with van der Waals surface area (Å²) in [5.74, 6) is 1.83. The molecule has 2 aliphatic carbocycles. The highest BCUT2D eigenvalue weighted by molar-refractivity contribution is 5.85. The minimum absolute atomic E-state index is 0. The molecular weight excluding hydrogens is 312 g/mol. The van der Waals surface area contributed by atoms with Crippen LogP contribution in [0, 0.1) is 18.8 Å². The first-order valence-electron chi connectivity index (χ1n) is 8.36. The lowest BCUT2D eigenvalue weighted by molar-refractivity contribution is -0.125. The third-order valence-electron chi connectivity index (χ3n) is 5.06. The van der Waals surface area contributed by atoms with Crippen LogP contribution < -0.4 is 15.8 Å². The Hall–Kier alpha value is -1.26. The molecule has 1 aromatic carbocycles. The SMILES string of the molecule is Cc1cccc(OCC(=O)NC2C3CCCC2CC(N)C3)c1.Cl. The van der Waals surface area contributed by atoms with Gasteiger partial charge in [0.2, 0.25) is 0 Å². The largest absolute Gasteiger partial charge is 0.484 e. The molecule has 0 heterocycles. The second kappa shape index (κ2) is 8.02. The molecule has 5 heteroatoms. The van der Waals surface area contributed by atoms with Gasteiger partial charge in [-0.1, -0.05) is 18.6 Å². The number of ether oxygens (including phenoxy) is 1. The van der Waals surface area contributed by atoms with Crippen molar-refractivity contribution in [1.82, 2.24) is 5.32 Å². The van der Waals surface area contributed by atoms with Gasteiger partial charge >= 0.3 is 0 Å². The van der Waals surface area contributed by atoms with E-state index in [9.17, 15) is 4.79 Å². The number of halogens is 1. The van der Waals surface area contributed by atoms with E-state index in [1.807, 2.05) is 31.2 Å². The van der Waals surface area contributed by atoms with Crippen molar-refractivity contribution in [3.63, 3.8) is 0 Å². The van der Waals surface area contributed by atoms with Crippen LogP contribution in [-0.4, -0.2) is 24.6 Å². The number of amides is 1. The predicted molar refractivity (Wildman–Crippen MR) is 93.9 cm³/mol. The van der Waals surface area contributed by atoms with Crippen molar-refractivity contribution >= 4 is 18.3 Å². The quantitative estimate of drug-likeness (QED) is 0.887. The Morgan fingerprint density at radius 3 is 2.65 bits per heavy atom. The Labute approximate surface area is 144 Å². The number of nitrogens with two attached hydrogens (primary N) is 1. The molecule has 128 valence electrons. The third kappa shape index (κ3) is 4.61. The van der Waals surface area contributed by atoms with Crippen molar-refractivity contribution in [2.75, 3.05) is 6.61 Å². The first-order valence-corrected chi connectivity index (χ1v) is 8.36. The van der Waals surface area contributed by atoms with Crippen LogP contribution in [0.4, 0.5) is 0 Å². The van der Waals surface area contributed by atoms with Gasteiger partial charge in [-0.05, 0) is 62.1 Å². The Morgan fingerprint density at radius 2 is 2.00 bits per heavy atom. The molecule has 2 fully saturated rings. The number of carbonyl (C=O) groups excluding carboxylic acids is 1. The fourth-order valence-corrected chi connectivity index (χ4v) is 4.11. The minimum atomic E-state index is -0.0149. The monoisotopic (exact) mass is 338 g/mol. The Morgan fingerprint density at radius 1 is 1.30 bits per heavy atom. The lowest BCUT2D eigenvalue weighted by atomic mass is 9.67. The van der Waals surface area contributed by atoms with E-state index in [-0.39, 0.29) is 24.9 Å². The molecule has 3 N–H and O–H groups in total. The van der Waals surface area contributed by atoms with Crippen LogP contribution >= 0.6 is 12.4 Å². The van der Waals surface area contributed by atoms with E-state index in [0.29, 0.717) is 23.9 Å². The van der Waals surface area contributed by atoms with Crippen LogP contribution in [0.25, 0.3) is 0 Å². The average molecular weight is 339 g/mol. The molecule has 0 saturated heterocycles. The predicted octanol–water partition coefficient (Wildman–Crippen LogP) is 2.82. The molecule has 0 spiro atoms. The summed E-state index contributed by atoms with van der Waals surface area (Å²) in [5.41, 5.74) is 7.26. The summed E-state index contributed by atoms with van der Waals surface area (Å²) in [5, 5.41) is 3.21. The van der Waals surface area contributed by atoms with Crippen LogP contribution in [0.2, 0.25) is 0 Å². The zero-order valence-electron chi connectivity index (χ0n) is 13.7. The number of nitrogens with one attached hydrogen (secondary N) is 1. The van der Waals surface area contributed by atoms with E-state index in [0.717, 1.165) is 24.2 Å². The Kier molecular flexibility index (Phi) is 6.31. The van der Waals surface area contributed by atoms with E-state index in [1.165, 1.54) is 19.3 Å². The molecule has 1 amide bonds. The summed E-state index contributed by atoms with van der Waals surface area (Å²) >= 11 is 0. The molecule has 2 bridgehead atoms. The Bertz CT molecular complexity index is 524. The van der Waals surface area contributed by atoms with Gasteiger partial charge in [-0.3, -0.25) is 4.79 Å². The van der Waals surface area contributed by atoms with Gasteiger partial charge in [0, 0.05) is 12.1 Å². The van der Waals surface area contributed by atoms with Gasteiger partial charge in [0.1, 0.15) is 5.75 Å². The number of fused-ring (bicyclic) bond motifs is 2. The van der Waals surface area contributed by atoms with Crippen molar-refractivity contribution in [3.05, 3.63) is 29.8 Å². The molecule has 23 heavy (non-hydrogen) atoms. The number of rotatable bonds is 4. The van der Waals surface area contributed by atoms with E-state index in [4.69, 9.17) is 10.5 Å². The first kappa shape index (κ1) is 18.1. The average Bonchev–Trinajstić information content (AvgIpc) is 2.46. The summed E-state index contributed by atoms with van der Waals surface area (Å²) in [4.78, 5) is 12.2. The molecule has 3 rings (SSSR count). The molecule has 0 aromatic heterocycles. The molecule has 2 saturated carbocycles. The zero-order chi connectivity index (χ0) is 15.5. The van der Waals surface area contributed by atoms with Crippen molar-refractivity contribution in [3.8, 4) is 5.75 Å². The van der Waals surface area contributed by atoms with Gasteiger partial charge in [0.15, 0.2) is 6.61 Å². The number of carbonyl (C=O) groups is 1. The molecule has 2 atom stereocenters. The van der Waals surface area contributed by atoms with Gasteiger partial charge < -0.3 is 15.8 Å². The number of benzene rings is 1. The fraction of sp³-hybridized carbons (Fsp3) is 0.611. The van der Waals surface area contributed by atoms with E-state index in [2.05, 4.69) is 5.32 Å². The van der Waals surface area contributed by atoms with Crippen molar-refractivity contribution in [2.24, 2.45) is 17.6 Å². The van der Waals surface area contributed by atoms with Crippen molar-refractivity contribution in [2.45, 2.75) is 51.1 Å². The van der Waals surface area contributed by atoms with Gasteiger partial charge in [0.05, 0.1) is 0 Å². The van der Waals surface area contributed by atoms with Crippen LogP contribution in [0.1, 0.15) is 37.7 Å². The van der Waals surface area contributed by atoms with Crippen LogP contribution in [0.3, 0.4) is 0 Å². The maximum absolute atomic E-state index is 12.2. The standard InChI is InChI=1S/C18H26N2O2.ClH/c1-12-4-2-7-16(8-12)22-11-17(21)20-18-13-5-3-6-14(18)10-15(19)9-13;/h2,4,7-8,13-15,18H,3,5-6,9-11,19H2,1H3,(H,20,21);1H. The van der Waals surface area contributed by atoms with Crippen LogP contribution in [-0.2, 0) is 4.79 Å². The molecule has 2 unspecified atom stereocenters. The molecular formula is C18H27ClN2O2. The molecule has 0 radical (unpaired) electrons. The van der Waals surface area contributed by atoms with Crippen molar-refractivity contribution < 1.29 is 9.53 Å². The van der Waals surface area contributed by atoms with Gasteiger partial charge in [-0.25, -0.2) is 0 Å². The topological polar surface area (TPSA) is 64.3 Å². The summed E-state index contributed by atoms with van der Waals surface area (Å²) in [7, 11) is 0. The van der Waals surface area contributed by atoms with E-state index in [1.54, 1.807) is 0 Å². The third-order valence-corrected chi connectivity index (χ3v) is 5.06. The lowest BCUT2D eigenvalue weighted by Gasteiger charge is -2.45.